The smallest absolute Gasteiger partial charge is 0.277 e. The summed E-state index contributed by atoms with van der Waals surface area (Å²) in [6.07, 6.45) is 0. The molecule has 0 aromatic heterocycles. The van der Waals surface area contributed by atoms with E-state index in [-0.39, 0.29) is 5.84 Å². The van der Waals surface area contributed by atoms with Crippen molar-refractivity contribution < 1.29 is 8.42 Å². The Morgan fingerprint density at radius 2 is 2.09 bits per heavy atom. The minimum Gasteiger partial charge on any atom is -0.386 e. The summed E-state index contributed by atoms with van der Waals surface area (Å²) < 4.78 is 25.6. The van der Waals surface area contributed by atoms with Gasteiger partial charge in [-0.25, -0.2) is 4.72 Å². The van der Waals surface area contributed by atoms with Crippen molar-refractivity contribution in [3.8, 4) is 0 Å². The fourth-order valence-electron chi connectivity index (χ4n) is 0.355. The average molecular weight is 180 g/mol. The van der Waals surface area contributed by atoms with Gasteiger partial charge >= 0.3 is 0 Å². The highest BCUT2D eigenvalue weighted by atomic mass is 32.2. The van der Waals surface area contributed by atoms with Crippen LogP contribution in [0.25, 0.3) is 0 Å². The lowest BCUT2D eigenvalue weighted by Crippen LogP contribution is -2.45. The lowest BCUT2D eigenvalue weighted by Gasteiger charge is -2.10. The van der Waals surface area contributed by atoms with Gasteiger partial charge in [-0.15, -0.1) is 0 Å². The molecule has 0 aromatic rings. The first-order valence-corrected chi connectivity index (χ1v) is 4.42. The van der Waals surface area contributed by atoms with E-state index in [2.05, 4.69) is 4.72 Å². The summed E-state index contributed by atoms with van der Waals surface area (Å²) in [6.45, 7) is 1.48. The molecule has 0 heterocycles. The number of amidine groups is 1. The Hall–Kier alpha value is -0.660. The molecule has 5 N–H and O–H groups in total. The number of hydrogen-bond donors (Lipinski definition) is 4. The first-order valence-electron chi connectivity index (χ1n) is 2.93. The normalized spacial score (nSPS) is 14.4. The molecule has 11 heavy (non-hydrogen) atoms. The van der Waals surface area contributed by atoms with E-state index in [4.69, 9.17) is 11.1 Å². The zero-order chi connectivity index (χ0) is 9.07. The van der Waals surface area contributed by atoms with Crippen LogP contribution in [0.2, 0.25) is 0 Å². The Labute approximate surface area is 65.9 Å². The predicted octanol–water partition coefficient (Wildman–Crippen LogP) is -1.64. The second-order valence-electron chi connectivity index (χ2n) is 2.00. The molecule has 0 fully saturated rings. The molecule has 0 aromatic carbocycles. The highest BCUT2D eigenvalue weighted by Crippen LogP contribution is 1.82. The molecule has 0 amide bonds. The molecular formula is C4H12N4O2S. The first kappa shape index (κ1) is 10.3. The van der Waals surface area contributed by atoms with Crippen molar-refractivity contribution >= 4 is 16.0 Å². The van der Waals surface area contributed by atoms with Crippen molar-refractivity contribution in [3.05, 3.63) is 0 Å². The Kier molecular flexibility index (Phi) is 3.43. The van der Waals surface area contributed by atoms with Crippen LogP contribution in [0.5, 0.6) is 0 Å². The standard InChI is InChI=1S/C4H12N4O2S/c1-3(4(5)6)8-11(9,10)7-2/h3,7-8H,1-2H3,(H3,5,6). The largest absolute Gasteiger partial charge is 0.386 e. The summed E-state index contributed by atoms with van der Waals surface area (Å²) in [5, 5.41) is 6.88. The molecule has 1 unspecified atom stereocenters. The molecule has 6 nitrogen and oxygen atoms in total. The molecule has 0 rings (SSSR count). The Morgan fingerprint density at radius 3 is 2.36 bits per heavy atom. The van der Waals surface area contributed by atoms with Crippen LogP contribution in [0.15, 0.2) is 0 Å². The summed E-state index contributed by atoms with van der Waals surface area (Å²) in [6, 6.07) is -0.674. The lowest BCUT2D eigenvalue weighted by molar-refractivity contribution is 0.569. The molecule has 0 aliphatic carbocycles. The van der Waals surface area contributed by atoms with Gasteiger partial charge in [0, 0.05) is 7.05 Å². The van der Waals surface area contributed by atoms with Crippen LogP contribution in [0.1, 0.15) is 6.92 Å². The highest BCUT2D eigenvalue weighted by Gasteiger charge is 2.12. The second kappa shape index (κ2) is 3.65. The molecule has 0 radical (unpaired) electrons. The molecule has 0 saturated carbocycles. The van der Waals surface area contributed by atoms with Crippen molar-refractivity contribution in [2.24, 2.45) is 5.73 Å². The van der Waals surface area contributed by atoms with E-state index in [1.54, 1.807) is 0 Å². The van der Waals surface area contributed by atoms with Crippen LogP contribution in [-0.2, 0) is 10.2 Å². The Balaban J connectivity index is 4.16. The summed E-state index contributed by atoms with van der Waals surface area (Å²) in [5.41, 5.74) is 5.03. The topological polar surface area (TPSA) is 108 Å². The fraction of sp³-hybridized carbons (Fsp3) is 0.750. The van der Waals surface area contributed by atoms with E-state index in [1.807, 2.05) is 4.72 Å². The van der Waals surface area contributed by atoms with Gasteiger partial charge in [0.2, 0.25) is 0 Å². The van der Waals surface area contributed by atoms with Crippen molar-refractivity contribution in [2.45, 2.75) is 13.0 Å². The van der Waals surface area contributed by atoms with E-state index in [0.717, 1.165) is 0 Å². The molecular weight excluding hydrogens is 168 g/mol. The SMILES string of the molecule is CNS(=O)(=O)NC(C)C(=N)N. The van der Waals surface area contributed by atoms with Crippen LogP contribution < -0.4 is 15.2 Å². The van der Waals surface area contributed by atoms with Crippen molar-refractivity contribution in [1.29, 1.82) is 5.41 Å². The summed E-state index contributed by atoms with van der Waals surface area (Å²) in [7, 11) is -2.21. The first-order chi connectivity index (χ1) is 4.89. The van der Waals surface area contributed by atoms with E-state index >= 15 is 0 Å². The van der Waals surface area contributed by atoms with E-state index in [1.165, 1.54) is 14.0 Å². The summed E-state index contributed by atoms with van der Waals surface area (Å²) in [4.78, 5) is 0. The molecule has 66 valence electrons. The van der Waals surface area contributed by atoms with Crippen molar-refractivity contribution in [1.82, 2.24) is 9.44 Å². The molecule has 0 aliphatic heterocycles. The van der Waals surface area contributed by atoms with Crippen molar-refractivity contribution in [3.63, 3.8) is 0 Å². The Morgan fingerprint density at radius 1 is 1.64 bits per heavy atom. The van der Waals surface area contributed by atoms with E-state index in [0.29, 0.717) is 0 Å². The molecule has 7 heteroatoms. The average Bonchev–Trinajstić information content (AvgIpc) is 1.87. The maximum Gasteiger partial charge on any atom is 0.277 e. The van der Waals surface area contributed by atoms with E-state index < -0.39 is 16.3 Å². The van der Waals surface area contributed by atoms with Gasteiger partial charge in [-0.05, 0) is 6.92 Å². The molecule has 0 spiro atoms. The quantitative estimate of drug-likeness (QED) is 0.308. The van der Waals surface area contributed by atoms with Crippen LogP contribution in [0.3, 0.4) is 0 Å². The van der Waals surface area contributed by atoms with Gasteiger partial charge in [-0.1, -0.05) is 0 Å². The van der Waals surface area contributed by atoms with Crippen LogP contribution in [-0.4, -0.2) is 27.3 Å². The fourth-order valence-corrected chi connectivity index (χ4v) is 1.07. The van der Waals surface area contributed by atoms with Crippen LogP contribution >= 0.6 is 0 Å². The number of hydrogen-bond acceptors (Lipinski definition) is 3. The zero-order valence-electron chi connectivity index (χ0n) is 6.38. The summed E-state index contributed by atoms with van der Waals surface area (Å²) in [5.74, 6) is -0.219. The maximum atomic E-state index is 10.7. The predicted molar refractivity (Wildman–Crippen MR) is 42.5 cm³/mol. The Bertz CT molecular complexity index is 234. The van der Waals surface area contributed by atoms with Gasteiger partial charge in [0.25, 0.3) is 10.2 Å². The molecule has 0 saturated heterocycles. The second-order valence-corrected chi connectivity index (χ2v) is 3.65. The van der Waals surface area contributed by atoms with Gasteiger partial charge in [-0.2, -0.15) is 13.1 Å². The van der Waals surface area contributed by atoms with Gasteiger partial charge in [-0.3, -0.25) is 5.41 Å². The summed E-state index contributed by atoms with van der Waals surface area (Å²) >= 11 is 0. The van der Waals surface area contributed by atoms with Gasteiger partial charge in [0.15, 0.2) is 0 Å². The minimum atomic E-state index is -3.48. The molecule has 1 atom stereocenters. The third kappa shape index (κ3) is 3.91. The minimum absolute atomic E-state index is 0.219. The van der Waals surface area contributed by atoms with Gasteiger partial charge in [0.1, 0.15) is 5.84 Å². The number of nitrogens with one attached hydrogen (secondary N) is 3. The van der Waals surface area contributed by atoms with Crippen LogP contribution in [0.4, 0.5) is 0 Å². The van der Waals surface area contributed by atoms with Gasteiger partial charge < -0.3 is 5.73 Å². The number of rotatable bonds is 4. The lowest BCUT2D eigenvalue weighted by atomic mass is 10.3. The van der Waals surface area contributed by atoms with Gasteiger partial charge in [0.05, 0.1) is 6.04 Å². The zero-order valence-corrected chi connectivity index (χ0v) is 7.20. The van der Waals surface area contributed by atoms with Crippen LogP contribution in [0, 0.1) is 5.41 Å². The highest BCUT2D eigenvalue weighted by molar-refractivity contribution is 7.87. The van der Waals surface area contributed by atoms with E-state index in [9.17, 15) is 8.42 Å². The third-order valence-electron chi connectivity index (χ3n) is 1.07. The molecule has 0 aliphatic rings. The monoisotopic (exact) mass is 180 g/mol. The third-order valence-corrected chi connectivity index (χ3v) is 2.27. The van der Waals surface area contributed by atoms with Crippen molar-refractivity contribution in [2.75, 3.05) is 7.05 Å². The maximum absolute atomic E-state index is 10.7. The number of nitrogens with two attached hydrogens (primary N) is 1. The molecule has 0 bridgehead atoms.